The SMILES string of the molecule is CC(C)Cc1ccc(S(=O)(=O)N2CC(CN)CC2C)cc1.Cl. The molecule has 0 spiro atoms. The molecule has 0 bridgehead atoms. The summed E-state index contributed by atoms with van der Waals surface area (Å²) in [5.74, 6) is 0.839. The van der Waals surface area contributed by atoms with Gasteiger partial charge in [0, 0.05) is 12.6 Å². The van der Waals surface area contributed by atoms with Crippen molar-refractivity contribution in [2.24, 2.45) is 17.6 Å². The lowest BCUT2D eigenvalue weighted by atomic mass is 10.0. The first-order valence-corrected chi connectivity index (χ1v) is 9.09. The van der Waals surface area contributed by atoms with Crippen molar-refractivity contribution in [1.29, 1.82) is 0 Å². The molecule has 2 rings (SSSR count). The van der Waals surface area contributed by atoms with Crippen molar-refractivity contribution < 1.29 is 8.42 Å². The average molecular weight is 347 g/mol. The van der Waals surface area contributed by atoms with Gasteiger partial charge < -0.3 is 5.73 Å². The van der Waals surface area contributed by atoms with E-state index in [1.165, 1.54) is 5.56 Å². The minimum absolute atomic E-state index is 0. The highest BCUT2D eigenvalue weighted by atomic mass is 35.5. The summed E-state index contributed by atoms with van der Waals surface area (Å²) >= 11 is 0. The van der Waals surface area contributed by atoms with Gasteiger partial charge in [0.15, 0.2) is 0 Å². The van der Waals surface area contributed by atoms with Gasteiger partial charge in [-0.15, -0.1) is 12.4 Å². The highest BCUT2D eigenvalue weighted by Gasteiger charge is 2.37. The van der Waals surface area contributed by atoms with Crippen LogP contribution in [0.15, 0.2) is 29.2 Å². The summed E-state index contributed by atoms with van der Waals surface area (Å²) in [6.45, 7) is 7.35. The summed E-state index contributed by atoms with van der Waals surface area (Å²) in [4.78, 5) is 0.388. The first-order chi connectivity index (χ1) is 9.84. The largest absolute Gasteiger partial charge is 0.330 e. The van der Waals surface area contributed by atoms with Crippen molar-refractivity contribution in [1.82, 2.24) is 4.31 Å². The molecule has 0 amide bonds. The molecule has 1 aromatic carbocycles. The minimum Gasteiger partial charge on any atom is -0.330 e. The van der Waals surface area contributed by atoms with Crippen LogP contribution in [-0.4, -0.2) is 31.9 Å². The Morgan fingerprint density at radius 1 is 1.27 bits per heavy atom. The van der Waals surface area contributed by atoms with Crippen molar-refractivity contribution in [3.8, 4) is 0 Å². The Bertz CT molecular complexity index is 572. The van der Waals surface area contributed by atoms with Gasteiger partial charge >= 0.3 is 0 Å². The quantitative estimate of drug-likeness (QED) is 0.891. The molecule has 1 aliphatic heterocycles. The zero-order chi connectivity index (χ0) is 15.6. The third-order valence-electron chi connectivity index (χ3n) is 4.11. The Balaban J connectivity index is 0.00000242. The summed E-state index contributed by atoms with van der Waals surface area (Å²) in [5.41, 5.74) is 6.86. The molecule has 4 nitrogen and oxygen atoms in total. The molecular weight excluding hydrogens is 320 g/mol. The van der Waals surface area contributed by atoms with Crippen molar-refractivity contribution in [3.63, 3.8) is 0 Å². The molecule has 1 saturated heterocycles. The summed E-state index contributed by atoms with van der Waals surface area (Å²) in [5, 5.41) is 0. The van der Waals surface area contributed by atoms with E-state index in [0.29, 0.717) is 23.9 Å². The molecule has 22 heavy (non-hydrogen) atoms. The van der Waals surface area contributed by atoms with E-state index < -0.39 is 10.0 Å². The van der Waals surface area contributed by atoms with Gasteiger partial charge in [-0.05, 0) is 55.8 Å². The zero-order valence-electron chi connectivity index (χ0n) is 13.5. The van der Waals surface area contributed by atoms with Crippen LogP contribution in [0.5, 0.6) is 0 Å². The molecular formula is C16H27ClN2O2S. The standard InChI is InChI=1S/C16H26N2O2S.ClH/c1-12(2)8-14-4-6-16(7-5-14)21(19,20)18-11-15(10-17)9-13(18)3;/h4-7,12-13,15H,8-11,17H2,1-3H3;1H. The fraction of sp³-hybridized carbons (Fsp3) is 0.625. The Labute approximate surface area is 140 Å². The minimum atomic E-state index is -3.40. The molecule has 2 N–H and O–H groups in total. The molecule has 0 aromatic heterocycles. The first-order valence-electron chi connectivity index (χ1n) is 7.65. The molecule has 6 heteroatoms. The summed E-state index contributed by atoms with van der Waals surface area (Å²) < 4.78 is 27.0. The third-order valence-corrected chi connectivity index (χ3v) is 6.11. The predicted octanol–water partition coefficient (Wildman–Crippen LogP) is 2.66. The van der Waals surface area contributed by atoms with Crippen LogP contribution in [0.4, 0.5) is 0 Å². The van der Waals surface area contributed by atoms with Crippen LogP contribution >= 0.6 is 12.4 Å². The lowest BCUT2D eigenvalue weighted by molar-refractivity contribution is 0.404. The maximum absolute atomic E-state index is 12.7. The van der Waals surface area contributed by atoms with Gasteiger partial charge in [0.25, 0.3) is 0 Å². The number of rotatable bonds is 5. The van der Waals surface area contributed by atoms with Crippen molar-refractivity contribution in [3.05, 3.63) is 29.8 Å². The van der Waals surface area contributed by atoms with Gasteiger partial charge in [-0.25, -0.2) is 8.42 Å². The summed E-state index contributed by atoms with van der Waals surface area (Å²) in [7, 11) is -3.40. The predicted molar refractivity (Wildman–Crippen MR) is 92.7 cm³/mol. The normalized spacial score (nSPS) is 22.8. The monoisotopic (exact) mass is 346 g/mol. The lowest BCUT2D eigenvalue weighted by Crippen LogP contribution is -2.34. The van der Waals surface area contributed by atoms with Crippen LogP contribution in [0.3, 0.4) is 0 Å². The van der Waals surface area contributed by atoms with Gasteiger partial charge in [0.2, 0.25) is 10.0 Å². The highest BCUT2D eigenvalue weighted by Crippen LogP contribution is 2.29. The molecule has 1 aliphatic rings. The maximum atomic E-state index is 12.7. The second-order valence-electron chi connectivity index (χ2n) is 6.50. The van der Waals surface area contributed by atoms with Gasteiger partial charge in [0.05, 0.1) is 4.90 Å². The van der Waals surface area contributed by atoms with Crippen LogP contribution in [0, 0.1) is 11.8 Å². The van der Waals surface area contributed by atoms with E-state index in [4.69, 9.17) is 5.73 Å². The van der Waals surface area contributed by atoms with E-state index >= 15 is 0 Å². The fourth-order valence-corrected chi connectivity index (χ4v) is 4.74. The molecule has 0 aliphatic carbocycles. The first kappa shape index (κ1) is 19.4. The number of hydrogen-bond acceptors (Lipinski definition) is 3. The number of hydrogen-bond donors (Lipinski definition) is 1. The topological polar surface area (TPSA) is 63.4 Å². The van der Waals surface area contributed by atoms with E-state index in [9.17, 15) is 8.42 Å². The molecule has 2 unspecified atom stereocenters. The van der Waals surface area contributed by atoms with Gasteiger partial charge in [-0.3, -0.25) is 0 Å². The highest BCUT2D eigenvalue weighted by molar-refractivity contribution is 7.89. The van der Waals surface area contributed by atoms with E-state index in [1.54, 1.807) is 16.4 Å². The molecule has 1 aromatic rings. The smallest absolute Gasteiger partial charge is 0.243 e. The number of nitrogens with zero attached hydrogens (tertiary/aromatic N) is 1. The molecule has 1 fully saturated rings. The number of sulfonamides is 1. The zero-order valence-corrected chi connectivity index (χ0v) is 15.2. The molecule has 2 atom stereocenters. The average Bonchev–Trinajstić information content (AvgIpc) is 2.81. The lowest BCUT2D eigenvalue weighted by Gasteiger charge is -2.21. The number of benzene rings is 1. The van der Waals surface area contributed by atoms with Crippen molar-refractivity contribution >= 4 is 22.4 Å². The Morgan fingerprint density at radius 3 is 2.32 bits per heavy atom. The van der Waals surface area contributed by atoms with Crippen molar-refractivity contribution in [2.45, 2.75) is 44.6 Å². The Hall–Kier alpha value is -0.620. The number of halogens is 1. The molecule has 1 heterocycles. The van der Waals surface area contributed by atoms with Gasteiger partial charge in [-0.2, -0.15) is 4.31 Å². The van der Waals surface area contributed by atoms with Gasteiger partial charge in [0.1, 0.15) is 0 Å². The summed E-state index contributed by atoms with van der Waals surface area (Å²) in [6, 6.07) is 7.34. The second kappa shape index (κ2) is 7.77. The van der Waals surface area contributed by atoms with E-state index in [2.05, 4.69) is 13.8 Å². The van der Waals surface area contributed by atoms with Crippen LogP contribution in [0.2, 0.25) is 0 Å². The maximum Gasteiger partial charge on any atom is 0.243 e. The van der Waals surface area contributed by atoms with Crippen LogP contribution < -0.4 is 5.73 Å². The van der Waals surface area contributed by atoms with E-state index in [0.717, 1.165) is 12.8 Å². The molecule has 126 valence electrons. The summed E-state index contributed by atoms with van der Waals surface area (Å²) in [6.07, 6.45) is 1.82. The van der Waals surface area contributed by atoms with E-state index in [1.807, 2.05) is 19.1 Å². The van der Waals surface area contributed by atoms with Crippen LogP contribution in [0.25, 0.3) is 0 Å². The Morgan fingerprint density at radius 2 is 1.86 bits per heavy atom. The second-order valence-corrected chi connectivity index (χ2v) is 8.39. The molecule has 0 saturated carbocycles. The van der Waals surface area contributed by atoms with Gasteiger partial charge in [-0.1, -0.05) is 26.0 Å². The molecule has 0 radical (unpaired) electrons. The number of nitrogens with two attached hydrogens (primary N) is 1. The Kier molecular flexibility index (Phi) is 6.86. The van der Waals surface area contributed by atoms with Crippen molar-refractivity contribution in [2.75, 3.05) is 13.1 Å². The van der Waals surface area contributed by atoms with Crippen LogP contribution in [-0.2, 0) is 16.4 Å². The third kappa shape index (κ3) is 4.22. The van der Waals surface area contributed by atoms with Crippen LogP contribution in [0.1, 0.15) is 32.8 Å². The fourth-order valence-electron chi connectivity index (χ4n) is 3.02. The van der Waals surface area contributed by atoms with E-state index in [-0.39, 0.29) is 24.4 Å².